The number of nitrogens with zero attached hydrogens (tertiary/aromatic N) is 3. The van der Waals surface area contributed by atoms with Crippen LogP contribution >= 0.6 is 31.9 Å². The third-order valence-corrected chi connectivity index (χ3v) is 7.50. The quantitative estimate of drug-likeness (QED) is 0.352. The van der Waals surface area contributed by atoms with Crippen LogP contribution in [-0.4, -0.2) is 77.9 Å². The molecular weight excluding hydrogens is 619 g/mol. The highest BCUT2D eigenvalue weighted by molar-refractivity contribution is 9.10. The lowest BCUT2D eigenvalue weighted by Crippen LogP contribution is -2.47. The number of nitrogens with one attached hydrogen (secondary N) is 1. The van der Waals surface area contributed by atoms with Crippen LogP contribution in [0.1, 0.15) is 26.3 Å². The summed E-state index contributed by atoms with van der Waals surface area (Å²) in [6.45, 7) is 4.75. The van der Waals surface area contributed by atoms with E-state index in [-0.39, 0.29) is 23.8 Å². The van der Waals surface area contributed by atoms with Gasteiger partial charge in [-0.05, 0) is 49.5 Å². The Labute approximate surface area is 238 Å². The highest BCUT2D eigenvalue weighted by Gasteiger charge is 2.23. The van der Waals surface area contributed by atoms with Crippen molar-refractivity contribution >= 4 is 49.4 Å². The number of halogens is 3. The van der Waals surface area contributed by atoms with Gasteiger partial charge in [0.2, 0.25) is 0 Å². The predicted octanol–water partition coefficient (Wildman–Crippen LogP) is 5.20. The lowest BCUT2D eigenvalue weighted by molar-refractivity contribution is 0.0696. The fraction of sp³-hybridized carbons (Fsp3) is 0.286. The topological polar surface area (TPSA) is 76.1 Å². The van der Waals surface area contributed by atoms with Crippen molar-refractivity contribution in [2.75, 3.05) is 51.6 Å². The number of hydrogen-bond acceptors (Lipinski definition) is 5. The molecule has 1 saturated heterocycles. The minimum atomic E-state index is -0.413. The first-order valence-electron chi connectivity index (χ1n) is 12.2. The molecule has 0 aromatic heterocycles. The average Bonchev–Trinajstić information content (AvgIpc) is 2.88. The molecule has 3 aromatic rings. The molecule has 0 spiro atoms. The monoisotopic (exact) mass is 646 g/mol. The third-order valence-electron chi connectivity index (χ3n) is 6.52. The lowest BCUT2D eigenvalue weighted by atomic mass is 10.1. The van der Waals surface area contributed by atoms with Gasteiger partial charge >= 0.3 is 0 Å². The van der Waals surface area contributed by atoms with Crippen molar-refractivity contribution < 1.29 is 19.1 Å². The highest BCUT2D eigenvalue weighted by atomic mass is 79.9. The van der Waals surface area contributed by atoms with E-state index in [9.17, 15) is 19.1 Å². The Bertz CT molecular complexity index is 1320. The first-order valence-corrected chi connectivity index (χ1v) is 13.8. The second-order valence-electron chi connectivity index (χ2n) is 9.30. The maximum Gasteiger partial charge on any atom is 0.257 e. The van der Waals surface area contributed by atoms with E-state index in [1.807, 2.05) is 6.07 Å². The summed E-state index contributed by atoms with van der Waals surface area (Å²) in [4.78, 5) is 32.3. The van der Waals surface area contributed by atoms with Crippen molar-refractivity contribution in [3.05, 3.63) is 92.1 Å². The molecule has 38 heavy (non-hydrogen) atoms. The van der Waals surface area contributed by atoms with Crippen LogP contribution in [0.4, 0.5) is 10.1 Å². The predicted molar refractivity (Wildman–Crippen MR) is 153 cm³/mol. The number of anilines is 1. The van der Waals surface area contributed by atoms with Crippen LogP contribution in [0.2, 0.25) is 0 Å². The van der Waals surface area contributed by atoms with Gasteiger partial charge in [-0.1, -0.05) is 44.0 Å². The molecule has 1 aliphatic rings. The second-order valence-corrected chi connectivity index (χ2v) is 11.1. The van der Waals surface area contributed by atoms with Crippen LogP contribution in [0, 0.1) is 5.82 Å². The van der Waals surface area contributed by atoms with E-state index in [0.29, 0.717) is 34.4 Å². The number of carbonyl (C=O) groups excluding carboxylic acids is 2. The van der Waals surface area contributed by atoms with Crippen LogP contribution < -0.4 is 5.32 Å². The molecule has 1 heterocycles. The van der Waals surface area contributed by atoms with E-state index in [1.54, 1.807) is 41.3 Å². The van der Waals surface area contributed by atoms with Gasteiger partial charge in [0, 0.05) is 77.6 Å². The van der Waals surface area contributed by atoms with E-state index in [1.165, 1.54) is 18.2 Å². The molecular formula is C28H29Br2FN4O3. The first kappa shape index (κ1) is 28.2. The number of likely N-dealkylation sites (N-methyl/N-ethyl adjacent to an activating group) is 1. The molecule has 0 unspecified atom stereocenters. The number of rotatable bonds is 8. The van der Waals surface area contributed by atoms with E-state index in [0.717, 1.165) is 30.7 Å². The summed E-state index contributed by atoms with van der Waals surface area (Å²) in [5.74, 6) is -1.43. The molecule has 4 rings (SSSR count). The summed E-state index contributed by atoms with van der Waals surface area (Å²) in [7, 11) is 2.08. The molecule has 10 heteroatoms. The molecule has 1 fully saturated rings. The minimum Gasteiger partial charge on any atom is -0.507 e. The van der Waals surface area contributed by atoms with Crippen molar-refractivity contribution in [3.63, 3.8) is 0 Å². The zero-order valence-corrected chi connectivity index (χ0v) is 24.1. The summed E-state index contributed by atoms with van der Waals surface area (Å²) in [6, 6.07) is 16.1. The fourth-order valence-electron chi connectivity index (χ4n) is 4.24. The molecule has 7 nitrogen and oxygen atoms in total. The Morgan fingerprint density at radius 2 is 1.74 bits per heavy atom. The summed E-state index contributed by atoms with van der Waals surface area (Å²) >= 11 is 6.62. The number of amides is 2. The normalized spacial score (nSPS) is 14.3. The number of benzene rings is 3. The third kappa shape index (κ3) is 7.41. The molecule has 200 valence electrons. The van der Waals surface area contributed by atoms with E-state index < -0.39 is 11.7 Å². The molecule has 0 radical (unpaired) electrons. The van der Waals surface area contributed by atoms with Gasteiger partial charge < -0.3 is 20.2 Å². The summed E-state index contributed by atoms with van der Waals surface area (Å²) < 4.78 is 16.0. The van der Waals surface area contributed by atoms with Gasteiger partial charge in [0.05, 0.1) is 5.56 Å². The standard InChI is InChI=1S/C28H29Br2FN4O3/c1-33-9-11-34(12-10-33)13-14-35(18-20-5-6-22(30)16-25(20)31)28(38)24-8-7-23(17-26(24)36)32-27(37)19-3-2-4-21(29)15-19/h2-8,15-17,36H,9-14,18H2,1H3,(H,32,37). The maximum absolute atomic E-state index is 14.7. The largest absolute Gasteiger partial charge is 0.507 e. The number of phenols is 1. The van der Waals surface area contributed by atoms with Crippen molar-refractivity contribution in [3.8, 4) is 5.75 Å². The Morgan fingerprint density at radius 1 is 1.00 bits per heavy atom. The summed E-state index contributed by atoms with van der Waals surface area (Å²) in [5.41, 5.74) is 1.27. The van der Waals surface area contributed by atoms with Gasteiger partial charge in [-0.25, -0.2) is 4.39 Å². The lowest BCUT2D eigenvalue weighted by Gasteiger charge is -2.34. The van der Waals surface area contributed by atoms with Crippen LogP contribution in [0.25, 0.3) is 0 Å². The second kappa shape index (κ2) is 12.8. The van der Waals surface area contributed by atoms with Gasteiger partial charge in [0.1, 0.15) is 11.6 Å². The number of phenolic OH excluding ortho intramolecular Hbond substituents is 1. The van der Waals surface area contributed by atoms with Gasteiger partial charge in [-0.15, -0.1) is 0 Å². The Morgan fingerprint density at radius 3 is 2.42 bits per heavy atom. The summed E-state index contributed by atoms with van der Waals surface area (Å²) in [6.07, 6.45) is 0. The first-order chi connectivity index (χ1) is 18.2. The van der Waals surface area contributed by atoms with Gasteiger partial charge in [-0.2, -0.15) is 0 Å². The van der Waals surface area contributed by atoms with Gasteiger partial charge in [-0.3, -0.25) is 14.5 Å². The Hall–Kier alpha value is -2.79. The van der Waals surface area contributed by atoms with E-state index in [4.69, 9.17) is 0 Å². The molecule has 3 aromatic carbocycles. The minimum absolute atomic E-state index is 0.0620. The number of aromatic hydroxyl groups is 1. The average molecular weight is 648 g/mol. The van der Waals surface area contributed by atoms with Crippen molar-refractivity contribution in [1.82, 2.24) is 14.7 Å². The van der Waals surface area contributed by atoms with Gasteiger partial charge in [0.15, 0.2) is 0 Å². The van der Waals surface area contributed by atoms with Crippen LogP contribution in [0.3, 0.4) is 0 Å². The Balaban J connectivity index is 1.51. The van der Waals surface area contributed by atoms with Crippen molar-refractivity contribution in [2.24, 2.45) is 0 Å². The molecule has 0 aliphatic carbocycles. The van der Waals surface area contributed by atoms with Gasteiger partial charge in [0.25, 0.3) is 11.8 Å². The number of hydrogen-bond donors (Lipinski definition) is 2. The highest BCUT2D eigenvalue weighted by Crippen LogP contribution is 2.26. The molecule has 0 bridgehead atoms. The van der Waals surface area contributed by atoms with E-state index in [2.05, 4.69) is 54.0 Å². The van der Waals surface area contributed by atoms with Crippen LogP contribution in [0.15, 0.2) is 69.6 Å². The zero-order chi connectivity index (χ0) is 27.2. The van der Waals surface area contributed by atoms with Crippen LogP contribution in [-0.2, 0) is 6.54 Å². The molecule has 0 saturated carbocycles. The molecule has 2 N–H and O–H groups in total. The fourth-order valence-corrected chi connectivity index (χ4v) is 4.97. The number of carbonyl (C=O) groups is 2. The van der Waals surface area contributed by atoms with Crippen molar-refractivity contribution in [2.45, 2.75) is 6.54 Å². The molecule has 2 amide bonds. The Kier molecular flexibility index (Phi) is 9.54. The summed E-state index contributed by atoms with van der Waals surface area (Å²) in [5, 5.41) is 13.5. The smallest absolute Gasteiger partial charge is 0.257 e. The number of piperazine rings is 1. The molecule has 0 atom stereocenters. The van der Waals surface area contributed by atoms with Crippen molar-refractivity contribution in [1.29, 1.82) is 0 Å². The molecule has 1 aliphatic heterocycles. The van der Waals surface area contributed by atoms with E-state index >= 15 is 0 Å². The maximum atomic E-state index is 14.7. The zero-order valence-electron chi connectivity index (χ0n) is 21.0. The van der Waals surface area contributed by atoms with Crippen LogP contribution in [0.5, 0.6) is 5.75 Å². The SMILES string of the molecule is CN1CCN(CCN(Cc2ccc(Br)cc2F)C(=O)c2ccc(NC(=O)c3cccc(Br)c3)cc2O)CC1.